The van der Waals surface area contributed by atoms with Crippen molar-refractivity contribution in [2.75, 3.05) is 5.32 Å². The van der Waals surface area contributed by atoms with Gasteiger partial charge in [-0.25, -0.2) is 9.78 Å². The number of carbonyl (C=O) groups is 1. The van der Waals surface area contributed by atoms with Crippen LogP contribution in [0.1, 0.15) is 16.8 Å². The second-order valence-corrected chi connectivity index (χ2v) is 8.21. The number of halogens is 1. The Morgan fingerprint density at radius 3 is 2.67 bits per heavy atom. The summed E-state index contributed by atoms with van der Waals surface area (Å²) in [5.74, 6) is -0.358. The molecule has 2 aromatic heterocycles. The van der Waals surface area contributed by atoms with E-state index < -0.39 is 5.76 Å². The molecule has 0 fully saturated rings. The monoisotopic (exact) mass is 483 g/mol. The highest BCUT2D eigenvalue weighted by Crippen LogP contribution is 2.18. The lowest BCUT2D eigenvalue weighted by atomic mass is 10.1. The number of rotatable bonds is 8. The van der Waals surface area contributed by atoms with Crippen LogP contribution in [0.2, 0.25) is 5.02 Å². The number of benzene rings is 2. The first-order chi connectivity index (χ1) is 16.0. The Hall–Kier alpha value is -3.76. The van der Waals surface area contributed by atoms with Crippen molar-refractivity contribution in [3.8, 4) is 11.4 Å². The molecule has 11 heteroatoms. The van der Waals surface area contributed by atoms with Gasteiger partial charge in [0.25, 0.3) is 0 Å². The van der Waals surface area contributed by atoms with Crippen molar-refractivity contribution in [1.82, 2.24) is 14.7 Å². The zero-order chi connectivity index (χ0) is 23.2. The summed E-state index contributed by atoms with van der Waals surface area (Å²) in [6, 6.07) is 14.4. The fourth-order valence-electron chi connectivity index (χ4n) is 2.89. The molecule has 0 saturated carbocycles. The number of hydrogen-bond acceptors (Lipinski definition) is 8. The quantitative estimate of drug-likeness (QED) is 0.300. The number of oxime groups is 1. The topological polar surface area (TPSA) is 112 Å². The first-order valence-electron chi connectivity index (χ1n) is 9.75. The average molecular weight is 484 g/mol. The third-order valence-corrected chi connectivity index (χ3v) is 5.50. The molecule has 168 valence electrons. The Bertz CT molecular complexity index is 1330. The highest BCUT2D eigenvalue weighted by Gasteiger charge is 2.09. The standard InChI is InChI=1S/C22H18ClN5O4S/c1-28-20(27-22(30)32-28)16-6-2-15(3-7-16)11-24-31-12-18-13-33-21(25-18)26-19(29)10-14-4-8-17(23)9-5-14/h2-9,11,13H,10,12H2,1H3,(H,25,26,29)/b24-11-. The van der Waals surface area contributed by atoms with Crippen LogP contribution < -0.4 is 11.1 Å². The van der Waals surface area contributed by atoms with Crippen LogP contribution >= 0.6 is 22.9 Å². The van der Waals surface area contributed by atoms with Crippen molar-refractivity contribution >= 4 is 40.2 Å². The van der Waals surface area contributed by atoms with E-state index in [4.69, 9.17) is 21.0 Å². The van der Waals surface area contributed by atoms with Gasteiger partial charge in [0.15, 0.2) is 17.6 Å². The van der Waals surface area contributed by atoms with Crippen molar-refractivity contribution < 1.29 is 14.2 Å². The van der Waals surface area contributed by atoms with Gasteiger partial charge in [-0.1, -0.05) is 53.2 Å². The summed E-state index contributed by atoms with van der Waals surface area (Å²) >= 11 is 7.17. The van der Waals surface area contributed by atoms with Crippen LogP contribution in [0.15, 0.2) is 68.4 Å². The molecular formula is C22H18ClN5O4S. The second-order valence-electron chi connectivity index (χ2n) is 6.92. The Kier molecular flexibility index (Phi) is 6.96. The lowest BCUT2D eigenvalue weighted by Gasteiger charge is -2.02. The number of thiazole rings is 1. The van der Waals surface area contributed by atoms with Gasteiger partial charge in [0.05, 0.1) is 18.3 Å². The molecule has 4 aromatic rings. The predicted molar refractivity (Wildman–Crippen MR) is 125 cm³/mol. The first kappa shape index (κ1) is 22.4. The Morgan fingerprint density at radius 2 is 1.97 bits per heavy atom. The molecule has 0 saturated heterocycles. The molecule has 1 amide bonds. The zero-order valence-electron chi connectivity index (χ0n) is 17.4. The molecule has 9 nitrogen and oxygen atoms in total. The minimum atomic E-state index is -0.641. The summed E-state index contributed by atoms with van der Waals surface area (Å²) in [5.41, 5.74) is 3.07. The van der Waals surface area contributed by atoms with Crippen LogP contribution in [0, 0.1) is 0 Å². The highest BCUT2D eigenvalue weighted by molar-refractivity contribution is 7.13. The predicted octanol–water partition coefficient (Wildman–Crippen LogP) is 3.88. The van der Waals surface area contributed by atoms with Gasteiger partial charge < -0.3 is 14.7 Å². The molecule has 0 unspecified atom stereocenters. The Balaban J connectivity index is 1.25. The van der Waals surface area contributed by atoms with Crippen molar-refractivity contribution in [2.24, 2.45) is 12.2 Å². The summed E-state index contributed by atoms with van der Waals surface area (Å²) in [4.78, 5) is 36.8. The van der Waals surface area contributed by atoms with Gasteiger partial charge in [0.1, 0.15) is 0 Å². The maximum atomic E-state index is 12.2. The molecule has 0 aliphatic rings. The number of aryl methyl sites for hydroxylation is 1. The Morgan fingerprint density at radius 1 is 1.21 bits per heavy atom. The van der Waals surface area contributed by atoms with Crippen molar-refractivity contribution in [3.05, 3.63) is 86.3 Å². The van der Waals surface area contributed by atoms with Gasteiger partial charge in [0.2, 0.25) is 5.91 Å². The number of nitrogens with zero attached hydrogens (tertiary/aromatic N) is 4. The molecule has 0 radical (unpaired) electrons. The molecule has 1 N–H and O–H groups in total. The largest absolute Gasteiger partial charge is 0.460 e. The molecule has 0 bridgehead atoms. The van der Waals surface area contributed by atoms with E-state index in [-0.39, 0.29) is 18.9 Å². The lowest BCUT2D eigenvalue weighted by Crippen LogP contribution is -2.14. The van der Waals surface area contributed by atoms with Crippen LogP contribution in [0.25, 0.3) is 11.4 Å². The number of anilines is 1. The van der Waals surface area contributed by atoms with Crippen LogP contribution in [0.5, 0.6) is 0 Å². The van der Waals surface area contributed by atoms with Gasteiger partial charge in [-0.3, -0.25) is 4.79 Å². The van der Waals surface area contributed by atoms with Crippen LogP contribution in [0.3, 0.4) is 0 Å². The van der Waals surface area contributed by atoms with E-state index >= 15 is 0 Å². The van der Waals surface area contributed by atoms with Crippen molar-refractivity contribution in [2.45, 2.75) is 13.0 Å². The van der Waals surface area contributed by atoms with Gasteiger partial charge in [-0.05, 0) is 23.3 Å². The average Bonchev–Trinajstić information content (AvgIpc) is 3.38. The van der Waals surface area contributed by atoms with E-state index in [1.807, 2.05) is 24.3 Å². The summed E-state index contributed by atoms with van der Waals surface area (Å²) in [5, 5.41) is 9.64. The van der Waals surface area contributed by atoms with E-state index in [2.05, 4.69) is 20.4 Å². The molecule has 0 aliphatic carbocycles. The van der Waals surface area contributed by atoms with Crippen molar-refractivity contribution in [1.29, 1.82) is 0 Å². The summed E-state index contributed by atoms with van der Waals surface area (Å²) in [7, 11) is 1.61. The SMILES string of the molecule is Cn1oc(=O)nc1-c1ccc(/C=N\OCc2csc(NC(=O)Cc3ccc(Cl)cc3)n2)cc1. The second kappa shape index (κ2) is 10.2. The number of carbonyl (C=O) groups excluding carboxylic acids is 1. The van der Waals surface area contributed by atoms with Gasteiger partial charge in [-0.15, -0.1) is 11.3 Å². The fourth-order valence-corrected chi connectivity index (χ4v) is 3.72. The third kappa shape index (κ3) is 6.15. The van der Waals surface area contributed by atoms with E-state index in [0.717, 1.165) is 16.7 Å². The van der Waals surface area contributed by atoms with E-state index in [1.54, 1.807) is 42.9 Å². The minimum absolute atomic E-state index is 0.161. The van der Waals surface area contributed by atoms with Gasteiger partial charge in [0, 0.05) is 23.0 Å². The van der Waals surface area contributed by atoms with Crippen molar-refractivity contribution in [3.63, 3.8) is 0 Å². The van der Waals surface area contributed by atoms with Gasteiger partial charge in [-0.2, -0.15) is 9.72 Å². The highest BCUT2D eigenvalue weighted by atomic mass is 35.5. The molecule has 4 rings (SSSR count). The summed E-state index contributed by atoms with van der Waals surface area (Å²) in [6.45, 7) is 0.166. The third-order valence-electron chi connectivity index (χ3n) is 4.44. The zero-order valence-corrected chi connectivity index (χ0v) is 19.0. The number of amides is 1. The first-order valence-corrected chi connectivity index (χ1v) is 11.0. The van der Waals surface area contributed by atoms with Gasteiger partial charge >= 0.3 is 5.76 Å². The molecule has 33 heavy (non-hydrogen) atoms. The van der Waals surface area contributed by atoms with E-state index in [0.29, 0.717) is 21.7 Å². The molecule has 2 heterocycles. The lowest BCUT2D eigenvalue weighted by molar-refractivity contribution is -0.115. The molecule has 2 aromatic carbocycles. The number of aromatic nitrogens is 3. The molecular weight excluding hydrogens is 466 g/mol. The maximum Gasteiger partial charge on any atom is 0.460 e. The molecule has 0 atom stereocenters. The molecule has 0 spiro atoms. The maximum absolute atomic E-state index is 12.2. The van der Waals surface area contributed by atoms with E-state index in [9.17, 15) is 9.59 Å². The minimum Gasteiger partial charge on any atom is -0.389 e. The number of nitrogens with one attached hydrogen (secondary N) is 1. The van der Waals surface area contributed by atoms with E-state index in [1.165, 1.54) is 16.1 Å². The van der Waals surface area contributed by atoms with Crippen LogP contribution in [0.4, 0.5) is 5.13 Å². The normalized spacial score (nSPS) is 11.1. The van der Waals surface area contributed by atoms with Crippen LogP contribution in [-0.4, -0.2) is 26.8 Å². The Labute approximate surface area is 197 Å². The summed E-state index contributed by atoms with van der Waals surface area (Å²) < 4.78 is 6.16. The fraction of sp³-hybridized carbons (Fsp3) is 0.136. The smallest absolute Gasteiger partial charge is 0.389 e. The molecule has 0 aliphatic heterocycles. The number of hydrogen-bond donors (Lipinski definition) is 1. The summed E-state index contributed by atoms with van der Waals surface area (Å²) in [6.07, 6.45) is 1.80. The van der Waals surface area contributed by atoms with Crippen LogP contribution in [-0.2, 0) is 29.7 Å².